The molecule has 5 nitrogen and oxygen atoms in total. The molecule has 2 rings (SSSR count). The summed E-state index contributed by atoms with van der Waals surface area (Å²) < 4.78 is 102. The second kappa shape index (κ2) is 5.95. The van der Waals surface area contributed by atoms with Gasteiger partial charge in [-0.15, -0.1) is 0 Å². The van der Waals surface area contributed by atoms with E-state index < -0.39 is 57.7 Å². The number of benzene rings is 1. The zero-order valence-electron chi connectivity index (χ0n) is 21.1. The molecule has 6 heteroatoms. The van der Waals surface area contributed by atoms with E-state index in [2.05, 4.69) is 0 Å². The highest BCUT2D eigenvalue weighted by Crippen LogP contribution is 2.21. The predicted octanol–water partition coefficient (Wildman–Crippen LogP) is 1.32. The van der Waals surface area contributed by atoms with Gasteiger partial charge in [-0.3, -0.25) is 0 Å². The van der Waals surface area contributed by atoms with Gasteiger partial charge in [-0.1, -0.05) is 6.04 Å². The number of hydrogen-bond acceptors (Lipinski definition) is 3. The summed E-state index contributed by atoms with van der Waals surface area (Å²) in [6.07, 6.45) is 0.913. The van der Waals surface area contributed by atoms with Gasteiger partial charge in [0.2, 0.25) is 10.0 Å². The van der Waals surface area contributed by atoms with E-state index in [1.807, 2.05) is 0 Å². The van der Waals surface area contributed by atoms with Crippen LogP contribution in [0.5, 0.6) is 0 Å². The van der Waals surface area contributed by atoms with Gasteiger partial charge in [-0.2, -0.15) is 0 Å². The van der Waals surface area contributed by atoms with Crippen LogP contribution in [0.1, 0.15) is 22.1 Å². The highest BCUT2D eigenvalue weighted by Gasteiger charge is 2.11. The van der Waals surface area contributed by atoms with Gasteiger partial charge >= 0.3 is 0 Å². The molecular formula is C14H21N3O2S. The number of fused-ring (bicyclic) bond motifs is 1. The number of aromatic nitrogens is 1. The molecule has 0 aliphatic heterocycles. The predicted molar refractivity (Wildman–Crippen MR) is 82.2 cm³/mol. The maximum Gasteiger partial charge on any atom is 0.215 e. The number of H-pyrrole nitrogens is 1. The van der Waals surface area contributed by atoms with E-state index in [1.165, 1.54) is 25.2 Å². The molecule has 0 atom stereocenters. The Morgan fingerprint density at radius 2 is 2.40 bits per heavy atom. The summed E-state index contributed by atoms with van der Waals surface area (Å²) in [6, 6.07) is -1.75. The maximum absolute atomic E-state index is 12.3. The van der Waals surface area contributed by atoms with Crippen molar-refractivity contribution in [3.05, 3.63) is 35.5 Å². The lowest BCUT2D eigenvalue weighted by molar-refractivity contribution is 0.414. The number of rotatable bonds is 6. The first kappa shape index (κ1) is 6.60. The number of likely N-dealkylation sites (N-methyl/N-ethyl adjacent to an activating group) is 1. The lowest BCUT2D eigenvalue weighted by Gasteiger charge is -2.08. The number of aryl methyl sites for hydroxylation is 1. The Balaban J connectivity index is 2.73. The Hall–Kier alpha value is -1.37. The first-order valence-corrected chi connectivity index (χ1v) is 7.34. The van der Waals surface area contributed by atoms with Gasteiger partial charge in [-0.25, -0.2) is 13.1 Å². The van der Waals surface area contributed by atoms with Crippen LogP contribution in [0.4, 0.5) is 0 Å². The topological polar surface area (TPSA) is 65.2 Å². The summed E-state index contributed by atoms with van der Waals surface area (Å²) >= 11 is 0. The minimum absolute atomic E-state index is 0.0626. The Morgan fingerprint density at radius 1 is 1.60 bits per heavy atom. The zero-order valence-corrected chi connectivity index (χ0v) is 11.9. The molecule has 0 amide bonds. The van der Waals surface area contributed by atoms with Gasteiger partial charge < -0.3 is 9.88 Å². The molecule has 0 aliphatic carbocycles. The molecule has 1 heterocycles. The molecule has 0 saturated carbocycles. The summed E-state index contributed by atoms with van der Waals surface area (Å²) in [5.74, 6) is -1.17. The van der Waals surface area contributed by atoms with Crippen LogP contribution >= 0.6 is 0 Å². The maximum atomic E-state index is 12.3. The molecule has 0 spiro atoms. The quantitative estimate of drug-likeness (QED) is 0.846. The van der Waals surface area contributed by atoms with E-state index in [4.69, 9.17) is 13.8 Å². The van der Waals surface area contributed by atoms with Crippen molar-refractivity contribution in [2.24, 2.45) is 0 Å². The van der Waals surface area contributed by atoms with E-state index >= 15 is 0 Å². The normalized spacial score (nSPS) is 21.2. The van der Waals surface area contributed by atoms with Crippen LogP contribution in [0.3, 0.4) is 0 Å². The lowest BCUT2D eigenvalue weighted by Crippen LogP contribution is -2.20. The average molecular weight is 305 g/mol. The molecule has 2 aromatic rings. The van der Waals surface area contributed by atoms with Crippen molar-refractivity contribution in [2.45, 2.75) is 12.2 Å². The number of nitrogens with one attached hydrogen (secondary N) is 2. The summed E-state index contributed by atoms with van der Waals surface area (Å²) in [5, 5.41) is -0.0626. The fourth-order valence-corrected chi connectivity index (χ4v) is 2.21. The molecule has 0 fully saturated rings. The molecule has 0 saturated heterocycles. The number of aromatic amines is 1. The third-order valence-electron chi connectivity index (χ3n) is 2.57. The third kappa shape index (κ3) is 3.59. The van der Waals surface area contributed by atoms with Crippen LogP contribution in [0.25, 0.3) is 10.9 Å². The Labute approximate surface area is 134 Å². The highest BCUT2D eigenvalue weighted by atomic mass is 32.2. The number of sulfonamides is 1. The fourth-order valence-electron chi connectivity index (χ4n) is 1.64. The van der Waals surface area contributed by atoms with Crippen LogP contribution in [-0.2, 0) is 22.2 Å². The van der Waals surface area contributed by atoms with Gasteiger partial charge in [-0.05, 0) is 50.7 Å². The van der Waals surface area contributed by atoms with Crippen molar-refractivity contribution in [3.8, 4) is 0 Å². The lowest BCUT2D eigenvalue weighted by atomic mass is 10.1. The summed E-state index contributed by atoms with van der Waals surface area (Å²) in [4.78, 5) is 2.01. The van der Waals surface area contributed by atoms with Gasteiger partial charge in [0, 0.05) is 30.5 Å². The second-order valence-electron chi connectivity index (χ2n) is 4.41. The molecule has 110 valence electrons. The van der Waals surface area contributed by atoms with Crippen molar-refractivity contribution in [2.75, 3.05) is 27.6 Å². The second-order valence-corrected chi connectivity index (χ2v) is 6.04. The van der Waals surface area contributed by atoms with E-state index in [0.29, 0.717) is 0 Å². The molecule has 0 aliphatic rings. The third-order valence-corrected chi connectivity index (χ3v) is 3.50. The van der Waals surface area contributed by atoms with Crippen LogP contribution < -0.4 is 4.72 Å². The van der Waals surface area contributed by atoms with Crippen molar-refractivity contribution in [3.63, 3.8) is 0 Å². The van der Waals surface area contributed by atoms with Crippen LogP contribution in [0.2, 0.25) is 2.82 Å². The van der Waals surface area contributed by atoms with Crippen molar-refractivity contribution in [1.29, 1.82) is 0 Å². The first-order valence-electron chi connectivity index (χ1n) is 10.6. The summed E-state index contributed by atoms with van der Waals surface area (Å²) in [7, 11) is -1.79. The van der Waals surface area contributed by atoms with E-state index in [0.717, 1.165) is 4.98 Å². The standard InChI is InChI=1S/C14H21N3O2S/c1-15-20(18,19)10-11-4-5-14-13(8-11)12(9-16-14)6-7-17(2)3/h4-5,8-9,15-16H,6-7,10H2,1-3H3/i1D3,4D,5D,7D2,8D/hD2. The van der Waals surface area contributed by atoms with Crippen molar-refractivity contribution in [1.82, 2.24) is 14.6 Å². The van der Waals surface area contributed by atoms with Gasteiger partial charge in [0.15, 0.2) is 1.41 Å². The van der Waals surface area contributed by atoms with Gasteiger partial charge in [0.05, 0.1) is 9.87 Å². The fraction of sp³-hybridized carbons (Fsp3) is 0.429. The summed E-state index contributed by atoms with van der Waals surface area (Å²) in [5.41, 5.74) is -0.490. The summed E-state index contributed by atoms with van der Waals surface area (Å²) in [6.45, 7) is -5.16. The van der Waals surface area contributed by atoms with Crippen molar-refractivity contribution < 1.29 is 22.2 Å². The van der Waals surface area contributed by atoms with Gasteiger partial charge in [0.25, 0.3) is 0 Å². The molecule has 0 radical (unpaired) electrons. The monoisotopic (exact) mass is 305 g/mol. The molecule has 2 N–H and O–H groups in total. The molecule has 0 unspecified atom stereocenters. The molecular weight excluding hydrogens is 274 g/mol. The smallest absolute Gasteiger partial charge is 0.215 e. The van der Waals surface area contributed by atoms with E-state index in [-0.39, 0.29) is 22.9 Å². The van der Waals surface area contributed by atoms with Gasteiger partial charge in [0.1, 0.15) is 1.41 Å². The van der Waals surface area contributed by atoms with Crippen LogP contribution in [-0.4, -0.2) is 45.9 Å². The average Bonchev–Trinajstić information content (AvgIpc) is 2.90. The Morgan fingerprint density at radius 3 is 3.10 bits per heavy atom. The van der Waals surface area contributed by atoms with Crippen LogP contribution in [0, 0.1) is 0 Å². The minimum Gasteiger partial charge on any atom is -0.361 e. The number of hydrogen-bond donors (Lipinski definition) is 2. The molecule has 20 heavy (non-hydrogen) atoms. The SMILES string of the molecule is [2H]c1c(CS(=O)(=O)N([2H])C([2H])([2H])[2H])c([2H])c2c(CC([2H])([2H])N(C)C)cn([2H])c2c1[2H]. The molecule has 1 aromatic carbocycles. The van der Waals surface area contributed by atoms with Crippen molar-refractivity contribution >= 4 is 20.9 Å². The van der Waals surface area contributed by atoms with Crippen LogP contribution in [0.15, 0.2) is 24.3 Å². The Bertz CT molecular complexity index is 1080. The number of nitrogens with zero attached hydrogens (tertiary/aromatic N) is 1. The Kier molecular flexibility index (Phi) is 1.96. The van der Waals surface area contributed by atoms with E-state index in [1.54, 1.807) is 0 Å². The zero-order chi connectivity index (χ0) is 23.4. The molecule has 1 aromatic heterocycles. The first-order chi connectivity index (χ1) is 13.4. The minimum atomic E-state index is -4.78. The largest absolute Gasteiger partial charge is 0.361 e. The highest BCUT2D eigenvalue weighted by molar-refractivity contribution is 7.88. The molecule has 0 bridgehead atoms. The van der Waals surface area contributed by atoms with E-state index in [9.17, 15) is 8.42 Å².